The fourth-order valence-corrected chi connectivity index (χ4v) is 6.50. The zero-order valence-corrected chi connectivity index (χ0v) is 29.3. The monoisotopic (exact) mass is 679 g/mol. The van der Waals surface area contributed by atoms with E-state index in [1.807, 2.05) is 36.4 Å². The predicted octanol–water partition coefficient (Wildman–Crippen LogP) is 7.33. The normalized spacial score (nSPS) is 11.2. The summed E-state index contributed by atoms with van der Waals surface area (Å²) in [5.74, 6) is -1.23. The number of nitrogens with zero attached hydrogens (tertiary/aromatic N) is 2. The molecule has 0 aliphatic heterocycles. The third-order valence-electron chi connectivity index (χ3n) is 7.51. The van der Waals surface area contributed by atoms with Crippen LogP contribution in [0.3, 0.4) is 0 Å². The summed E-state index contributed by atoms with van der Waals surface area (Å²) in [7, 11) is -2.84. The van der Waals surface area contributed by atoms with Crippen LogP contribution in [0.1, 0.15) is 76.8 Å². The number of unbranched alkanes of at least 4 members (excludes halogenated alkanes) is 6. The summed E-state index contributed by atoms with van der Waals surface area (Å²) in [5.41, 5.74) is 2.35. The van der Waals surface area contributed by atoms with Crippen molar-refractivity contribution >= 4 is 39.4 Å². The number of amides is 2. The van der Waals surface area contributed by atoms with Crippen molar-refractivity contribution in [2.75, 3.05) is 29.8 Å². The van der Waals surface area contributed by atoms with Gasteiger partial charge in [-0.25, -0.2) is 13.2 Å². The number of likely N-dealkylation sites (N-methyl/N-ethyl adjacent to an activating group) is 1. The highest BCUT2D eigenvalue weighted by Gasteiger charge is 2.29. The van der Waals surface area contributed by atoms with Crippen molar-refractivity contribution in [2.24, 2.45) is 0 Å². The minimum absolute atomic E-state index is 0.0643. The van der Waals surface area contributed by atoms with Crippen LogP contribution in [0.2, 0.25) is 0 Å². The van der Waals surface area contributed by atoms with E-state index in [9.17, 15) is 22.8 Å². The number of sulfonamides is 1. The van der Waals surface area contributed by atoms with Crippen LogP contribution in [0.5, 0.6) is 0 Å². The van der Waals surface area contributed by atoms with Crippen LogP contribution in [0.15, 0.2) is 83.8 Å². The molecule has 48 heavy (non-hydrogen) atoms. The molecule has 10 nitrogen and oxygen atoms in total. The predicted molar refractivity (Wildman–Crippen MR) is 188 cm³/mol. The molecule has 0 fully saturated rings. The maximum Gasteiger partial charge on any atom is 0.410 e. The molecule has 1 N–H and O–H groups in total. The summed E-state index contributed by atoms with van der Waals surface area (Å²) >= 11 is 0. The van der Waals surface area contributed by atoms with Gasteiger partial charge >= 0.3 is 12.1 Å². The highest BCUT2D eigenvalue weighted by atomic mass is 32.2. The van der Waals surface area contributed by atoms with Gasteiger partial charge in [0, 0.05) is 12.7 Å². The molecule has 0 saturated heterocycles. The summed E-state index contributed by atoms with van der Waals surface area (Å²) in [6.45, 7) is 4.83. The number of carbonyl (C=O) groups excluding carboxylic acids is 3. The van der Waals surface area contributed by atoms with Crippen molar-refractivity contribution in [3.63, 3.8) is 0 Å². The Morgan fingerprint density at radius 2 is 1.46 bits per heavy atom. The van der Waals surface area contributed by atoms with Crippen LogP contribution in [0.4, 0.5) is 16.2 Å². The molecule has 0 unspecified atom stereocenters. The first-order valence-corrected chi connectivity index (χ1v) is 18.1. The second kappa shape index (κ2) is 19.4. The van der Waals surface area contributed by atoms with Gasteiger partial charge in [0.15, 0.2) is 0 Å². The number of nitrogens with one attached hydrogen (secondary N) is 1. The van der Waals surface area contributed by atoms with E-state index in [1.165, 1.54) is 57.4 Å². The highest BCUT2D eigenvalue weighted by Crippen LogP contribution is 2.27. The summed E-state index contributed by atoms with van der Waals surface area (Å²) in [5, 5.41) is 2.65. The third-order valence-corrected chi connectivity index (χ3v) is 9.28. The quantitative estimate of drug-likeness (QED) is 0.104. The van der Waals surface area contributed by atoms with Crippen molar-refractivity contribution in [2.45, 2.75) is 89.7 Å². The number of anilines is 2. The Morgan fingerprint density at radius 3 is 2.17 bits per heavy atom. The van der Waals surface area contributed by atoms with E-state index in [2.05, 4.69) is 12.2 Å². The van der Waals surface area contributed by atoms with E-state index in [0.717, 1.165) is 39.6 Å². The minimum atomic E-state index is -4.27. The lowest BCUT2D eigenvalue weighted by Crippen LogP contribution is -2.37. The Bertz CT molecular complexity index is 1580. The molecular formula is C37H49N3O7S. The molecular weight excluding hydrogens is 630 g/mol. The third kappa shape index (κ3) is 12.7. The number of hydrogen-bond donors (Lipinski definition) is 1. The number of esters is 1. The van der Waals surface area contributed by atoms with Gasteiger partial charge < -0.3 is 19.7 Å². The van der Waals surface area contributed by atoms with E-state index >= 15 is 0 Å². The summed E-state index contributed by atoms with van der Waals surface area (Å²) in [6.07, 6.45) is 7.88. The Kier molecular flexibility index (Phi) is 15.4. The van der Waals surface area contributed by atoms with Crippen LogP contribution in [0.25, 0.3) is 0 Å². The summed E-state index contributed by atoms with van der Waals surface area (Å²) < 4.78 is 39.8. The number of hydrogen-bond acceptors (Lipinski definition) is 7. The molecule has 3 rings (SSSR count). The van der Waals surface area contributed by atoms with Gasteiger partial charge in [-0.2, -0.15) is 0 Å². The van der Waals surface area contributed by atoms with Crippen LogP contribution in [-0.4, -0.2) is 57.5 Å². The maximum atomic E-state index is 14.1. The second-order valence-electron chi connectivity index (χ2n) is 12.1. The minimum Gasteiger partial charge on any atom is -0.462 e. The van der Waals surface area contributed by atoms with E-state index in [-0.39, 0.29) is 23.7 Å². The molecule has 3 aromatic rings. The van der Waals surface area contributed by atoms with Crippen LogP contribution >= 0.6 is 0 Å². The number of rotatable bonds is 19. The topological polar surface area (TPSA) is 122 Å². The van der Waals surface area contributed by atoms with Gasteiger partial charge in [0.1, 0.15) is 19.7 Å². The number of carbonyl (C=O) groups is 3. The van der Waals surface area contributed by atoms with Crippen molar-refractivity contribution in [1.29, 1.82) is 0 Å². The standard InChI is InChI=1S/C37H49N3O7S/c1-5-6-7-8-9-10-12-17-30-20-15-22-33(24-30)40(27-36(42)47-29(2)3)48(44,45)34-23-16-21-32(25-34)38-35(41)26-39(4)37(43)46-28-31-18-13-11-14-19-31/h11,13-16,18-25,29H,5-10,12,17,26-28H2,1-4H3,(H,38,41). The lowest BCUT2D eigenvalue weighted by Gasteiger charge is -2.25. The molecule has 0 aliphatic rings. The molecule has 11 heteroatoms. The molecule has 0 aromatic heterocycles. The molecule has 0 atom stereocenters. The molecule has 0 radical (unpaired) electrons. The Morgan fingerprint density at radius 1 is 0.792 bits per heavy atom. The largest absolute Gasteiger partial charge is 0.462 e. The van der Waals surface area contributed by atoms with Crippen molar-refractivity contribution in [1.82, 2.24) is 4.90 Å². The highest BCUT2D eigenvalue weighted by molar-refractivity contribution is 7.92. The SMILES string of the molecule is CCCCCCCCCc1cccc(N(CC(=O)OC(C)C)S(=O)(=O)c2cccc(NC(=O)CN(C)C(=O)OCc3ccccc3)c2)c1. The lowest BCUT2D eigenvalue weighted by molar-refractivity contribution is -0.145. The molecule has 0 heterocycles. The van der Waals surface area contributed by atoms with Crippen molar-refractivity contribution in [3.05, 3.63) is 90.0 Å². The maximum absolute atomic E-state index is 14.1. The fraction of sp³-hybridized carbons (Fsp3) is 0.432. The first kappa shape index (κ1) is 38.1. The van der Waals surface area contributed by atoms with Crippen LogP contribution in [0, 0.1) is 0 Å². The fourth-order valence-electron chi connectivity index (χ4n) is 5.06. The van der Waals surface area contributed by atoms with Gasteiger partial charge in [0.25, 0.3) is 10.0 Å². The molecule has 260 valence electrons. The van der Waals surface area contributed by atoms with E-state index in [1.54, 1.807) is 38.1 Å². The second-order valence-corrected chi connectivity index (χ2v) is 13.9. The summed E-state index contributed by atoms with van der Waals surface area (Å²) in [6, 6.07) is 22.2. The zero-order chi connectivity index (χ0) is 34.9. The van der Waals surface area contributed by atoms with Gasteiger partial charge in [-0.15, -0.1) is 0 Å². The first-order valence-electron chi connectivity index (χ1n) is 16.6. The van der Waals surface area contributed by atoms with Crippen LogP contribution < -0.4 is 9.62 Å². The zero-order valence-electron chi connectivity index (χ0n) is 28.5. The Hall–Kier alpha value is -4.38. The molecule has 0 spiro atoms. The van der Waals surface area contributed by atoms with Crippen molar-refractivity contribution in [3.8, 4) is 0 Å². The summed E-state index contributed by atoms with van der Waals surface area (Å²) in [4.78, 5) is 39.0. The van der Waals surface area contributed by atoms with Gasteiger partial charge in [-0.05, 0) is 68.1 Å². The van der Waals surface area contributed by atoms with Gasteiger partial charge in [-0.3, -0.25) is 13.9 Å². The Labute approximate surface area is 285 Å². The first-order chi connectivity index (χ1) is 23.0. The van der Waals surface area contributed by atoms with E-state index in [0.29, 0.717) is 5.69 Å². The molecule has 2 amide bonds. The number of ether oxygens (including phenoxy) is 2. The van der Waals surface area contributed by atoms with E-state index < -0.39 is 40.6 Å². The lowest BCUT2D eigenvalue weighted by atomic mass is 10.0. The van der Waals surface area contributed by atoms with Crippen LogP contribution in [-0.2, 0) is 42.1 Å². The molecule has 0 aliphatic carbocycles. The van der Waals surface area contributed by atoms with Gasteiger partial charge in [0.2, 0.25) is 5.91 Å². The molecule has 0 bridgehead atoms. The van der Waals surface area contributed by atoms with E-state index in [4.69, 9.17) is 9.47 Å². The average Bonchev–Trinajstić information content (AvgIpc) is 3.06. The molecule has 0 saturated carbocycles. The van der Waals surface area contributed by atoms with Crippen molar-refractivity contribution < 1.29 is 32.3 Å². The smallest absolute Gasteiger partial charge is 0.410 e. The Balaban J connectivity index is 1.72. The average molecular weight is 680 g/mol. The number of benzene rings is 3. The molecule has 3 aromatic carbocycles. The van der Waals surface area contributed by atoms with Gasteiger partial charge in [0.05, 0.1) is 16.7 Å². The van der Waals surface area contributed by atoms with Gasteiger partial charge in [-0.1, -0.05) is 94.0 Å². The number of aryl methyl sites for hydroxylation is 1.